The molecule has 1 N–H and O–H groups in total. The third kappa shape index (κ3) is 3.01. The Morgan fingerprint density at radius 2 is 2.00 bits per heavy atom. The van der Waals surface area contributed by atoms with E-state index in [0.29, 0.717) is 18.2 Å². The van der Waals surface area contributed by atoms with Crippen molar-refractivity contribution in [3.8, 4) is 0 Å². The van der Waals surface area contributed by atoms with Crippen LogP contribution in [0, 0.1) is 5.41 Å². The summed E-state index contributed by atoms with van der Waals surface area (Å²) < 4.78 is 5.86. The van der Waals surface area contributed by atoms with Crippen molar-refractivity contribution in [3.05, 3.63) is 0 Å². The van der Waals surface area contributed by atoms with Crippen LogP contribution in [0.3, 0.4) is 0 Å². The highest BCUT2D eigenvalue weighted by Gasteiger charge is 2.51. The Bertz CT molecular complexity index is 339. The van der Waals surface area contributed by atoms with E-state index >= 15 is 0 Å². The molecule has 0 radical (unpaired) electrons. The Labute approximate surface area is 123 Å². The van der Waals surface area contributed by atoms with Crippen LogP contribution < -0.4 is 5.32 Å². The Kier molecular flexibility index (Phi) is 5.08. The van der Waals surface area contributed by atoms with Gasteiger partial charge >= 0.3 is 0 Å². The maximum absolute atomic E-state index is 11.3. The zero-order valence-electron chi connectivity index (χ0n) is 13.4. The van der Waals surface area contributed by atoms with Gasteiger partial charge in [0.05, 0.1) is 6.10 Å². The first-order valence-electron chi connectivity index (χ1n) is 8.14. The van der Waals surface area contributed by atoms with E-state index in [-0.39, 0.29) is 11.3 Å². The van der Waals surface area contributed by atoms with Gasteiger partial charge in [-0.25, -0.2) is 0 Å². The molecule has 0 aromatic carbocycles. The molecule has 1 saturated carbocycles. The van der Waals surface area contributed by atoms with Crippen LogP contribution in [-0.2, 0) is 9.53 Å². The number of carbonyl (C=O) groups excluding carboxylic acids is 1. The SMILES string of the molecule is CCOC1CC(NC2CCN(C(C)=O)CC2)C1(C)CC. The first-order chi connectivity index (χ1) is 9.51. The summed E-state index contributed by atoms with van der Waals surface area (Å²) in [7, 11) is 0. The minimum absolute atomic E-state index is 0.210. The van der Waals surface area contributed by atoms with Crippen molar-refractivity contribution in [2.45, 2.75) is 71.6 Å². The quantitative estimate of drug-likeness (QED) is 0.840. The predicted molar refractivity (Wildman–Crippen MR) is 80.6 cm³/mol. The first kappa shape index (κ1) is 15.8. The van der Waals surface area contributed by atoms with Crippen molar-refractivity contribution in [3.63, 3.8) is 0 Å². The first-order valence-corrected chi connectivity index (χ1v) is 8.14. The van der Waals surface area contributed by atoms with Gasteiger partial charge in [-0.3, -0.25) is 4.79 Å². The molecule has 4 nitrogen and oxygen atoms in total. The van der Waals surface area contributed by atoms with Gasteiger partial charge in [-0.1, -0.05) is 13.8 Å². The van der Waals surface area contributed by atoms with Crippen molar-refractivity contribution in [2.24, 2.45) is 5.41 Å². The molecule has 2 fully saturated rings. The molecule has 1 heterocycles. The van der Waals surface area contributed by atoms with Crippen LogP contribution in [0.2, 0.25) is 0 Å². The van der Waals surface area contributed by atoms with E-state index in [9.17, 15) is 4.79 Å². The monoisotopic (exact) mass is 282 g/mol. The summed E-state index contributed by atoms with van der Waals surface area (Å²) in [5.41, 5.74) is 0.272. The molecule has 1 amide bonds. The van der Waals surface area contributed by atoms with Gasteiger partial charge in [0.2, 0.25) is 5.91 Å². The lowest BCUT2D eigenvalue weighted by molar-refractivity contribution is -0.133. The highest BCUT2D eigenvalue weighted by atomic mass is 16.5. The van der Waals surface area contributed by atoms with E-state index < -0.39 is 0 Å². The number of rotatable bonds is 5. The Morgan fingerprint density at radius 1 is 1.35 bits per heavy atom. The highest BCUT2D eigenvalue weighted by molar-refractivity contribution is 5.73. The largest absolute Gasteiger partial charge is 0.378 e. The normalized spacial score (nSPS) is 34.9. The summed E-state index contributed by atoms with van der Waals surface area (Å²) >= 11 is 0. The van der Waals surface area contributed by atoms with Crippen LogP contribution in [0.25, 0.3) is 0 Å². The molecule has 1 aliphatic heterocycles. The molecule has 4 heteroatoms. The minimum Gasteiger partial charge on any atom is -0.378 e. The van der Waals surface area contributed by atoms with E-state index in [2.05, 4.69) is 26.1 Å². The topological polar surface area (TPSA) is 41.6 Å². The predicted octanol–water partition coefficient (Wildman–Crippen LogP) is 2.18. The molecule has 20 heavy (non-hydrogen) atoms. The molecule has 2 aliphatic rings. The number of nitrogens with one attached hydrogen (secondary N) is 1. The molecule has 0 aromatic rings. The van der Waals surface area contributed by atoms with Crippen LogP contribution in [0.1, 0.15) is 53.4 Å². The fraction of sp³-hybridized carbons (Fsp3) is 0.938. The summed E-state index contributed by atoms with van der Waals surface area (Å²) in [5, 5.41) is 3.83. The standard InChI is InChI=1S/C16H30N2O2/c1-5-16(4)14(11-15(16)20-6-2)17-13-7-9-18(10-8-13)12(3)19/h13-15,17H,5-11H2,1-4H3. The molecule has 3 unspecified atom stereocenters. The van der Waals surface area contributed by atoms with Gasteiger partial charge in [-0.15, -0.1) is 0 Å². The number of nitrogens with zero attached hydrogens (tertiary/aromatic N) is 1. The third-order valence-electron chi connectivity index (χ3n) is 5.49. The van der Waals surface area contributed by atoms with Gasteiger partial charge in [-0.2, -0.15) is 0 Å². The second-order valence-electron chi connectivity index (χ2n) is 6.54. The Morgan fingerprint density at radius 3 is 2.50 bits per heavy atom. The average molecular weight is 282 g/mol. The number of hydrogen-bond donors (Lipinski definition) is 1. The maximum atomic E-state index is 11.3. The summed E-state index contributed by atoms with van der Waals surface area (Å²) in [6, 6.07) is 1.13. The van der Waals surface area contributed by atoms with Gasteiger partial charge in [0.1, 0.15) is 0 Å². The van der Waals surface area contributed by atoms with Gasteiger partial charge < -0.3 is 15.0 Å². The fourth-order valence-electron chi connectivity index (χ4n) is 3.65. The molecular weight excluding hydrogens is 252 g/mol. The maximum Gasteiger partial charge on any atom is 0.219 e. The lowest BCUT2D eigenvalue weighted by atomic mass is 9.61. The number of likely N-dealkylation sites (tertiary alicyclic amines) is 1. The summed E-state index contributed by atoms with van der Waals surface area (Å²) in [6.07, 6.45) is 4.85. The van der Waals surface area contributed by atoms with Crippen LogP contribution >= 0.6 is 0 Å². The molecule has 0 bridgehead atoms. The number of amides is 1. The van der Waals surface area contributed by atoms with Crippen molar-refractivity contribution >= 4 is 5.91 Å². The second-order valence-corrected chi connectivity index (χ2v) is 6.54. The van der Waals surface area contributed by atoms with E-state index in [1.54, 1.807) is 6.92 Å². The van der Waals surface area contributed by atoms with Gasteiger partial charge in [0.15, 0.2) is 0 Å². The van der Waals surface area contributed by atoms with Crippen molar-refractivity contribution in [1.29, 1.82) is 0 Å². The van der Waals surface area contributed by atoms with E-state index in [1.807, 2.05) is 4.90 Å². The molecule has 3 atom stereocenters. The molecule has 1 aliphatic carbocycles. The fourth-order valence-corrected chi connectivity index (χ4v) is 3.65. The average Bonchev–Trinajstić information content (AvgIpc) is 2.45. The number of piperidine rings is 1. The lowest BCUT2D eigenvalue weighted by Crippen LogP contribution is -2.64. The van der Waals surface area contributed by atoms with Gasteiger partial charge in [0, 0.05) is 44.1 Å². The van der Waals surface area contributed by atoms with E-state index in [4.69, 9.17) is 4.74 Å². The van der Waals surface area contributed by atoms with Crippen molar-refractivity contribution in [1.82, 2.24) is 10.2 Å². The smallest absolute Gasteiger partial charge is 0.219 e. The van der Waals surface area contributed by atoms with Crippen LogP contribution in [0.15, 0.2) is 0 Å². The second kappa shape index (κ2) is 6.44. The van der Waals surface area contributed by atoms with Gasteiger partial charge in [0.25, 0.3) is 0 Å². The number of carbonyl (C=O) groups is 1. The zero-order chi connectivity index (χ0) is 14.8. The Balaban J connectivity index is 1.82. The summed E-state index contributed by atoms with van der Waals surface area (Å²) in [6.45, 7) is 11.0. The van der Waals surface area contributed by atoms with Crippen LogP contribution in [-0.4, -0.2) is 48.7 Å². The highest BCUT2D eigenvalue weighted by Crippen LogP contribution is 2.46. The van der Waals surface area contributed by atoms with Crippen LogP contribution in [0.5, 0.6) is 0 Å². The molecule has 0 aromatic heterocycles. The summed E-state index contributed by atoms with van der Waals surface area (Å²) in [5.74, 6) is 0.210. The van der Waals surface area contributed by atoms with E-state index in [0.717, 1.165) is 45.4 Å². The third-order valence-corrected chi connectivity index (χ3v) is 5.49. The molecule has 2 rings (SSSR count). The van der Waals surface area contributed by atoms with E-state index in [1.165, 1.54) is 0 Å². The van der Waals surface area contributed by atoms with Crippen LogP contribution in [0.4, 0.5) is 0 Å². The van der Waals surface area contributed by atoms with Crippen molar-refractivity contribution in [2.75, 3.05) is 19.7 Å². The molecular formula is C16H30N2O2. The summed E-state index contributed by atoms with van der Waals surface area (Å²) in [4.78, 5) is 13.3. The zero-order valence-corrected chi connectivity index (χ0v) is 13.4. The molecule has 0 spiro atoms. The van der Waals surface area contributed by atoms with Crippen molar-refractivity contribution < 1.29 is 9.53 Å². The minimum atomic E-state index is 0.210. The molecule has 116 valence electrons. The molecule has 1 saturated heterocycles. The number of hydrogen-bond acceptors (Lipinski definition) is 3. The Hall–Kier alpha value is -0.610. The van der Waals surface area contributed by atoms with Gasteiger partial charge in [-0.05, 0) is 32.6 Å². The lowest BCUT2D eigenvalue weighted by Gasteiger charge is -2.55. The number of ether oxygens (including phenoxy) is 1.